The minimum atomic E-state index is -2.89. The fourth-order valence-electron chi connectivity index (χ4n) is 3.03. The lowest BCUT2D eigenvalue weighted by molar-refractivity contribution is -0.121. The number of nitrogens with one attached hydrogen (secondary N) is 2. The molecule has 1 heterocycles. The predicted octanol–water partition coefficient (Wildman–Crippen LogP) is 4.77. The molecule has 0 aliphatic rings. The third-order valence-electron chi connectivity index (χ3n) is 4.49. The number of hydrogen-bond donors (Lipinski definition) is 2. The molecule has 3 aromatic rings. The summed E-state index contributed by atoms with van der Waals surface area (Å²) in [6.07, 6.45) is 0.728. The van der Waals surface area contributed by atoms with Gasteiger partial charge in [-0.2, -0.15) is 8.78 Å². The molecule has 1 unspecified atom stereocenters. The second-order valence-electron chi connectivity index (χ2n) is 6.70. The Morgan fingerprint density at radius 2 is 1.65 bits per heavy atom. The van der Waals surface area contributed by atoms with Crippen molar-refractivity contribution in [2.75, 3.05) is 6.54 Å². The molecule has 0 aliphatic carbocycles. The van der Waals surface area contributed by atoms with Crippen LogP contribution in [0.5, 0.6) is 5.75 Å². The minimum Gasteiger partial charge on any atom is -0.435 e. The summed E-state index contributed by atoms with van der Waals surface area (Å²) in [6, 6.07) is 18.7. The molecule has 8 heteroatoms. The van der Waals surface area contributed by atoms with Gasteiger partial charge in [-0.15, -0.1) is 11.3 Å². The molecule has 0 spiro atoms. The maximum Gasteiger partial charge on any atom is 0.387 e. The number of halogens is 2. The number of benzene rings is 2. The molecule has 5 nitrogen and oxygen atoms in total. The monoisotopic (exact) mass is 444 g/mol. The molecule has 0 saturated carbocycles. The van der Waals surface area contributed by atoms with Crippen LogP contribution in [0.15, 0.2) is 72.1 Å². The Bertz CT molecular complexity index is 964. The normalized spacial score (nSPS) is 11.7. The lowest BCUT2D eigenvalue weighted by Gasteiger charge is -2.20. The van der Waals surface area contributed by atoms with E-state index in [2.05, 4.69) is 15.4 Å². The lowest BCUT2D eigenvalue weighted by atomic mass is 9.98. The van der Waals surface area contributed by atoms with Gasteiger partial charge < -0.3 is 15.4 Å². The Kier molecular flexibility index (Phi) is 8.12. The van der Waals surface area contributed by atoms with Crippen molar-refractivity contribution in [3.05, 3.63) is 88.1 Å². The van der Waals surface area contributed by atoms with Gasteiger partial charge in [0.2, 0.25) is 5.91 Å². The van der Waals surface area contributed by atoms with E-state index >= 15 is 0 Å². The third kappa shape index (κ3) is 6.89. The van der Waals surface area contributed by atoms with E-state index in [-0.39, 0.29) is 24.0 Å². The van der Waals surface area contributed by atoms with Gasteiger partial charge in [-0.1, -0.05) is 48.5 Å². The molecule has 0 saturated heterocycles. The van der Waals surface area contributed by atoms with Gasteiger partial charge in [0.1, 0.15) is 5.75 Å². The zero-order valence-corrected chi connectivity index (χ0v) is 17.4. The van der Waals surface area contributed by atoms with Crippen LogP contribution in [0.1, 0.15) is 39.7 Å². The Labute approximate surface area is 183 Å². The number of hydrogen-bond acceptors (Lipinski definition) is 4. The molecule has 0 aliphatic heterocycles. The molecular weight excluding hydrogens is 422 g/mol. The van der Waals surface area contributed by atoms with Gasteiger partial charge in [-0.3, -0.25) is 9.59 Å². The Morgan fingerprint density at radius 1 is 0.935 bits per heavy atom. The minimum absolute atomic E-state index is 0.0540. The molecule has 31 heavy (non-hydrogen) atoms. The number of carbonyl (C=O) groups is 2. The van der Waals surface area contributed by atoms with Crippen LogP contribution < -0.4 is 15.4 Å². The highest BCUT2D eigenvalue weighted by Gasteiger charge is 2.17. The average molecular weight is 445 g/mol. The van der Waals surface area contributed by atoms with Crippen LogP contribution in [-0.2, 0) is 4.79 Å². The second kappa shape index (κ2) is 11.2. The van der Waals surface area contributed by atoms with Crippen molar-refractivity contribution in [2.45, 2.75) is 25.5 Å². The highest BCUT2D eigenvalue weighted by Crippen LogP contribution is 2.25. The van der Waals surface area contributed by atoms with E-state index in [0.29, 0.717) is 17.8 Å². The van der Waals surface area contributed by atoms with Gasteiger partial charge in [-0.25, -0.2) is 0 Å². The fraction of sp³-hybridized carbons (Fsp3) is 0.217. The van der Waals surface area contributed by atoms with Crippen molar-refractivity contribution in [3.63, 3.8) is 0 Å². The zero-order chi connectivity index (χ0) is 22.1. The summed E-state index contributed by atoms with van der Waals surface area (Å²) in [6.45, 7) is -2.50. The third-order valence-corrected chi connectivity index (χ3v) is 5.36. The first-order valence-corrected chi connectivity index (χ1v) is 10.6. The van der Waals surface area contributed by atoms with Gasteiger partial charge in [0.05, 0.1) is 10.9 Å². The van der Waals surface area contributed by atoms with E-state index in [4.69, 9.17) is 0 Å². The van der Waals surface area contributed by atoms with E-state index in [1.165, 1.54) is 23.5 Å². The SMILES string of the molecule is O=C(CCCNC(=O)c1cccs1)NC(c1ccccc1)c1ccc(OC(F)F)cc1. The number of amides is 2. The van der Waals surface area contributed by atoms with Crippen molar-refractivity contribution in [3.8, 4) is 5.75 Å². The maximum absolute atomic E-state index is 12.5. The Morgan fingerprint density at radius 3 is 2.29 bits per heavy atom. The fourth-order valence-corrected chi connectivity index (χ4v) is 3.67. The summed E-state index contributed by atoms with van der Waals surface area (Å²) in [7, 11) is 0. The quantitative estimate of drug-likeness (QED) is 0.443. The highest BCUT2D eigenvalue weighted by atomic mass is 32.1. The molecule has 3 rings (SSSR count). The van der Waals surface area contributed by atoms with Crippen LogP contribution in [0.3, 0.4) is 0 Å². The number of alkyl halides is 2. The van der Waals surface area contributed by atoms with Gasteiger partial charge in [0.15, 0.2) is 0 Å². The molecule has 0 radical (unpaired) electrons. The van der Waals surface area contributed by atoms with E-state index in [1.807, 2.05) is 41.8 Å². The van der Waals surface area contributed by atoms with Gasteiger partial charge in [0.25, 0.3) is 5.91 Å². The summed E-state index contributed by atoms with van der Waals surface area (Å²) in [5, 5.41) is 7.61. The van der Waals surface area contributed by atoms with Crippen LogP contribution in [-0.4, -0.2) is 25.0 Å². The summed E-state index contributed by atoms with van der Waals surface area (Å²) in [4.78, 5) is 25.1. The van der Waals surface area contributed by atoms with E-state index in [9.17, 15) is 18.4 Å². The molecule has 2 amide bonds. The highest BCUT2D eigenvalue weighted by molar-refractivity contribution is 7.12. The number of thiophene rings is 1. The average Bonchev–Trinajstić information content (AvgIpc) is 3.31. The first-order valence-electron chi connectivity index (χ1n) is 9.73. The standard InChI is InChI=1S/C23H22F2N2O3S/c24-23(25)30-18-12-10-17(11-13-18)21(16-6-2-1-3-7-16)27-20(28)9-4-14-26-22(29)19-8-5-15-31-19/h1-3,5-8,10-13,15,21,23H,4,9,14H2,(H,26,29)(H,27,28). The molecule has 1 atom stereocenters. The van der Waals surface area contributed by atoms with Crippen molar-refractivity contribution >= 4 is 23.2 Å². The molecule has 0 fully saturated rings. The summed E-state index contributed by atoms with van der Waals surface area (Å²) in [5.74, 6) is -0.269. The van der Waals surface area contributed by atoms with Crippen LogP contribution in [0.2, 0.25) is 0 Å². The van der Waals surface area contributed by atoms with Gasteiger partial charge >= 0.3 is 6.61 Å². The summed E-state index contributed by atoms with van der Waals surface area (Å²) < 4.78 is 29.2. The first kappa shape index (κ1) is 22.4. The summed E-state index contributed by atoms with van der Waals surface area (Å²) in [5.41, 5.74) is 1.61. The molecule has 0 bridgehead atoms. The first-order chi connectivity index (χ1) is 15.0. The Balaban J connectivity index is 1.58. The number of ether oxygens (including phenoxy) is 1. The molecule has 2 aromatic carbocycles. The van der Waals surface area contributed by atoms with Crippen LogP contribution >= 0.6 is 11.3 Å². The number of rotatable bonds is 10. The second-order valence-corrected chi connectivity index (χ2v) is 7.64. The van der Waals surface area contributed by atoms with E-state index in [1.54, 1.807) is 18.2 Å². The van der Waals surface area contributed by atoms with Crippen LogP contribution in [0.25, 0.3) is 0 Å². The van der Waals surface area contributed by atoms with Gasteiger partial charge in [0, 0.05) is 13.0 Å². The smallest absolute Gasteiger partial charge is 0.387 e. The molecular formula is C23H22F2N2O3S. The van der Waals surface area contributed by atoms with Crippen LogP contribution in [0.4, 0.5) is 8.78 Å². The van der Waals surface area contributed by atoms with Crippen molar-refractivity contribution in [2.24, 2.45) is 0 Å². The molecule has 2 N–H and O–H groups in total. The van der Waals surface area contributed by atoms with Crippen LogP contribution in [0, 0.1) is 0 Å². The summed E-state index contributed by atoms with van der Waals surface area (Å²) >= 11 is 1.36. The predicted molar refractivity (Wildman–Crippen MR) is 115 cm³/mol. The zero-order valence-electron chi connectivity index (χ0n) is 16.6. The topological polar surface area (TPSA) is 67.4 Å². The van der Waals surface area contributed by atoms with E-state index < -0.39 is 12.7 Å². The van der Waals surface area contributed by atoms with Crippen molar-refractivity contribution < 1.29 is 23.1 Å². The van der Waals surface area contributed by atoms with Gasteiger partial charge in [-0.05, 0) is 41.1 Å². The van der Waals surface area contributed by atoms with E-state index in [0.717, 1.165) is 11.1 Å². The molecule has 162 valence electrons. The largest absolute Gasteiger partial charge is 0.435 e. The Hall–Kier alpha value is -3.26. The lowest BCUT2D eigenvalue weighted by Crippen LogP contribution is -2.30. The molecule has 1 aromatic heterocycles. The number of carbonyl (C=O) groups excluding carboxylic acids is 2. The maximum atomic E-state index is 12.5. The van der Waals surface area contributed by atoms with Crippen molar-refractivity contribution in [1.29, 1.82) is 0 Å². The van der Waals surface area contributed by atoms with Crippen molar-refractivity contribution in [1.82, 2.24) is 10.6 Å².